The first-order chi connectivity index (χ1) is 9.70. The Kier molecular flexibility index (Phi) is 2.26. The quantitative estimate of drug-likeness (QED) is 0.716. The van der Waals surface area contributed by atoms with Gasteiger partial charge >= 0.3 is 0 Å². The maximum Gasteiger partial charge on any atom is 0.137 e. The fourth-order valence-corrected chi connectivity index (χ4v) is 3.16. The van der Waals surface area contributed by atoms with Crippen molar-refractivity contribution in [1.82, 2.24) is 24.1 Å². The fraction of sp³-hybridized carbons (Fsp3) is 0.357. The monoisotopic (exact) mass is 269 g/mol. The van der Waals surface area contributed by atoms with E-state index >= 15 is 0 Å². The van der Waals surface area contributed by atoms with Gasteiger partial charge in [-0.2, -0.15) is 5.10 Å². The molecule has 0 aliphatic heterocycles. The molecular weight excluding hydrogens is 254 g/mol. The third-order valence-electron chi connectivity index (χ3n) is 4.19. The Bertz CT molecular complexity index is 790. The van der Waals surface area contributed by atoms with E-state index in [9.17, 15) is 5.11 Å². The fourth-order valence-electron chi connectivity index (χ4n) is 3.16. The summed E-state index contributed by atoms with van der Waals surface area (Å²) in [6.45, 7) is 0. The smallest absolute Gasteiger partial charge is 0.137 e. The van der Waals surface area contributed by atoms with Crippen LogP contribution in [0.1, 0.15) is 29.8 Å². The van der Waals surface area contributed by atoms with E-state index in [1.165, 1.54) is 0 Å². The molecule has 1 unspecified atom stereocenters. The summed E-state index contributed by atoms with van der Waals surface area (Å²) in [5.74, 6) is 0. The highest BCUT2D eigenvalue weighted by Crippen LogP contribution is 2.40. The second kappa shape index (κ2) is 3.89. The topological polar surface area (TPSA) is 68.2 Å². The molecule has 0 saturated carbocycles. The summed E-state index contributed by atoms with van der Waals surface area (Å²) in [5.41, 5.74) is 2.39. The van der Waals surface area contributed by atoms with Gasteiger partial charge in [0.05, 0.1) is 24.2 Å². The molecule has 6 heteroatoms. The first-order valence-corrected chi connectivity index (χ1v) is 6.71. The first-order valence-electron chi connectivity index (χ1n) is 6.71. The minimum absolute atomic E-state index is 0.660. The molecule has 6 nitrogen and oxygen atoms in total. The highest BCUT2D eigenvalue weighted by atomic mass is 16.3. The summed E-state index contributed by atoms with van der Waals surface area (Å²) in [6, 6.07) is 0. The first kappa shape index (κ1) is 11.6. The minimum Gasteiger partial charge on any atom is -0.379 e. The molecule has 0 amide bonds. The van der Waals surface area contributed by atoms with Gasteiger partial charge in [0.15, 0.2) is 0 Å². The van der Waals surface area contributed by atoms with Gasteiger partial charge in [-0.05, 0) is 19.3 Å². The van der Waals surface area contributed by atoms with E-state index in [4.69, 9.17) is 0 Å². The molecule has 3 heterocycles. The molecule has 102 valence electrons. The van der Waals surface area contributed by atoms with Gasteiger partial charge in [-0.25, -0.2) is 4.98 Å². The summed E-state index contributed by atoms with van der Waals surface area (Å²) in [4.78, 5) is 8.57. The van der Waals surface area contributed by atoms with Crippen LogP contribution >= 0.6 is 0 Å². The number of rotatable bonds is 1. The van der Waals surface area contributed by atoms with Crippen molar-refractivity contribution in [2.24, 2.45) is 7.05 Å². The van der Waals surface area contributed by atoms with E-state index in [1.54, 1.807) is 24.9 Å². The highest BCUT2D eigenvalue weighted by Gasteiger charge is 2.41. The van der Waals surface area contributed by atoms with E-state index in [1.807, 2.05) is 22.3 Å². The second-order valence-electron chi connectivity index (χ2n) is 5.30. The van der Waals surface area contributed by atoms with Crippen LogP contribution < -0.4 is 0 Å². The standard InChI is InChI=1S/C14H15N5O/c1-18-11-3-2-4-14(20,10(11)7-17-18)13-12-8-15-5-6-19(12)9-16-13/h5-9,20H,2-4H2,1H3. The number of fused-ring (bicyclic) bond motifs is 2. The molecular formula is C14H15N5O. The number of nitrogens with zero attached hydrogens (tertiary/aromatic N) is 5. The van der Waals surface area contributed by atoms with Crippen LogP contribution in [-0.2, 0) is 19.1 Å². The Labute approximate surface area is 115 Å². The molecule has 0 fully saturated rings. The van der Waals surface area contributed by atoms with E-state index in [2.05, 4.69) is 15.1 Å². The average molecular weight is 269 g/mol. The summed E-state index contributed by atoms with van der Waals surface area (Å²) in [7, 11) is 1.91. The maximum absolute atomic E-state index is 11.2. The van der Waals surface area contributed by atoms with E-state index in [0.29, 0.717) is 12.1 Å². The van der Waals surface area contributed by atoms with Gasteiger partial charge in [-0.3, -0.25) is 9.67 Å². The largest absolute Gasteiger partial charge is 0.379 e. The van der Waals surface area contributed by atoms with Crippen LogP contribution in [0, 0.1) is 0 Å². The maximum atomic E-state index is 11.2. The van der Waals surface area contributed by atoms with Crippen molar-refractivity contribution < 1.29 is 5.11 Å². The molecule has 1 aliphatic carbocycles. The van der Waals surface area contributed by atoms with Crippen LogP contribution in [0.25, 0.3) is 5.52 Å². The Morgan fingerprint density at radius 1 is 1.35 bits per heavy atom. The molecule has 1 N–H and O–H groups in total. The van der Waals surface area contributed by atoms with Crippen molar-refractivity contribution in [3.05, 3.63) is 48.1 Å². The number of aromatic nitrogens is 5. The van der Waals surface area contributed by atoms with Crippen molar-refractivity contribution in [3.63, 3.8) is 0 Å². The highest BCUT2D eigenvalue weighted by molar-refractivity contribution is 5.56. The molecule has 20 heavy (non-hydrogen) atoms. The lowest BCUT2D eigenvalue weighted by Crippen LogP contribution is -2.32. The molecule has 0 bridgehead atoms. The molecule has 0 spiro atoms. The summed E-state index contributed by atoms with van der Waals surface area (Å²) in [5, 5.41) is 15.5. The molecule has 1 aliphatic rings. The number of hydrogen-bond acceptors (Lipinski definition) is 4. The Balaban J connectivity index is 1.97. The number of aryl methyl sites for hydroxylation is 1. The van der Waals surface area contributed by atoms with E-state index < -0.39 is 5.60 Å². The van der Waals surface area contributed by atoms with Gasteiger partial charge in [0.25, 0.3) is 0 Å². The van der Waals surface area contributed by atoms with Crippen molar-refractivity contribution in [2.45, 2.75) is 24.9 Å². The number of imidazole rings is 1. The van der Waals surface area contributed by atoms with Crippen LogP contribution in [0.2, 0.25) is 0 Å². The summed E-state index contributed by atoms with van der Waals surface area (Å²) < 4.78 is 3.72. The Morgan fingerprint density at radius 2 is 2.25 bits per heavy atom. The van der Waals surface area contributed by atoms with Crippen LogP contribution in [0.5, 0.6) is 0 Å². The van der Waals surface area contributed by atoms with Gasteiger partial charge in [0, 0.05) is 30.7 Å². The summed E-state index contributed by atoms with van der Waals surface area (Å²) >= 11 is 0. The van der Waals surface area contributed by atoms with Crippen LogP contribution in [-0.4, -0.2) is 29.3 Å². The zero-order chi connectivity index (χ0) is 13.7. The lowest BCUT2D eigenvalue weighted by atomic mass is 9.80. The van der Waals surface area contributed by atoms with E-state index in [0.717, 1.165) is 29.6 Å². The van der Waals surface area contributed by atoms with E-state index in [-0.39, 0.29) is 0 Å². The number of aliphatic hydroxyl groups is 1. The molecule has 1 atom stereocenters. The van der Waals surface area contributed by atoms with Gasteiger partial charge in [-0.15, -0.1) is 0 Å². The Morgan fingerprint density at radius 3 is 3.15 bits per heavy atom. The van der Waals surface area contributed by atoms with Crippen molar-refractivity contribution in [3.8, 4) is 0 Å². The van der Waals surface area contributed by atoms with Crippen LogP contribution in [0.3, 0.4) is 0 Å². The minimum atomic E-state index is -1.07. The predicted octanol–water partition coefficient (Wildman–Crippen LogP) is 1.03. The zero-order valence-corrected chi connectivity index (χ0v) is 11.2. The third kappa shape index (κ3) is 1.39. The van der Waals surface area contributed by atoms with Crippen molar-refractivity contribution >= 4 is 5.52 Å². The zero-order valence-electron chi connectivity index (χ0n) is 11.2. The molecule has 0 saturated heterocycles. The normalized spacial score (nSPS) is 22.1. The van der Waals surface area contributed by atoms with Crippen molar-refractivity contribution in [2.75, 3.05) is 0 Å². The lowest BCUT2D eigenvalue weighted by Gasteiger charge is -2.31. The SMILES string of the molecule is Cn1ncc2c1CCCC2(O)c1ncn2ccncc12. The molecule has 0 aromatic carbocycles. The number of hydrogen-bond donors (Lipinski definition) is 1. The summed E-state index contributed by atoms with van der Waals surface area (Å²) in [6.07, 6.45) is 11.3. The van der Waals surface area contributed by atoms with Gasteiger partial charge in [0.2, 0.25) is 0 Å². The molecule has 0 radical (unpaired) electrons. The van der Waals surface area contributed by atoms with Crippen LogP contribution in [0.4, 0.5) is 0 Å². The van der Waals surface area contributed by atoms with Gasteiger partial charge in [-0.1, -0.05) is 0 Å². The Hall–Kier alpha value is -2.21. The lowest BCUT2D eigenvalue weighted by molar-refractivity contribution is 0.0585. The van der Waals surface area contributed by atoms with Gasteiger partial charge in [0.1, 0.15) is 11.3 Å². The average Bonchev–Trinajstić information content (AvgIpc) is 3.05. The van der Waals surface area contributed by atoms with Crippen LogP contribution in [0.15, 0.2) is 31.1 Å². The molecule has 3 aromatic rings. The molecule has 4 rings (SSSR count). The van der Waals surface area contributed by atoms with Gasteiger partial charge < -0.3 is 9.51 Å². The van der Waals surface area contributed by atoms with Crippen molar-refractivity contribution in [1.29, 1.82) is 0 Å². The second-order valence-corrected chi connectivity index (χ2v) is 5.30. The predicted molar refractivity (Wildman–Crippen MR) is 72.1 cm³/mol. The molecule has 3 aromatic heterocycles. The third-order valence-corrected chi connectivity index (χ3v) is 4.19.